The number of benzene rings is 1. The lowest BCUT2D eigenvalue weighted by Gasteiger charge is -2.34. The highest BCUT2D eigenvalue weighted by atomic mass is 32.2. The molecule has 0 saturated carbocycles. The average molecular weight is 336 g/mol. The van der Waals surface area contributed by atoms with Gasteiger partial charge in [0.1, 0.15) is 5.75 Å². The monoisotopic (exact) mass is 335 g/mol. The maximum absolute atomic E-state index is 5.56. The van der Waals surface area contributed by atoms with Crippen molar-refractivity contribution in [1.29, 1.82) is 0 Å². The van der Waals surface area contributed by atoms with E-state index in [1.54, 1.807) is 0 Å². The molecule has 1 aromatic rings. The normalized spacial score (nSPS) is 18.8. The maximum Gasteiger partial charge on any atom is 0.193 e. The zero-order valence-corrected chi connectivity index (χ0v) is 15.4. The average Bonchev–Trinajstić information content (AvgIpc) is 2.59. The zero-order chi connectivity index (χ0) is 16.5. The molecule has 0 spiro atoms. The Labute approximate surface area is 144 Å². The second-order valence-electron chi connectivity index (χ2n) is 5.65. The van der Waals surface area contributed by atoms with Gasteiger partial charge in [-0.3, -0.25) is 4.99 Å². The van der Waals surface area contributed by atoms with Crippen molar-refractivity contribution in [2.75, 3.05) is 39.0 Å². The van der Waals surface area contributed by atoms with Crippen molar-refractivity contribution in [2.24, 2.45) is 4.99 Å². The van der Waals surface area contributed by atoms with Crippen LogP contribution < -0.4 is 10.1 Å². The first kappa shape index (κ1) is 18.0. The fraction of sp³-hybridized carbons (Fsp3) is 0.611. The summed E-state index contributed by atoms with van der Waals surface area (Å²) < 4.78 is 5.56. The van der Waals surface area contributed by atoms with E-state index < -0.39 is 0 Å². The third-order valence-corrected chi connectivity index (χ3v) is 5.38. The SMILES string of the molecule is CCOc1cccc(CCNC(=NC)N2CCSC(CC)C2)c1. The summed E-state index contributed by atoms with van der Waals surface area (Å²) in [6.45, 7) is 8.06. The zero-order valence-electron chi connectivity index (χ0n) is 14.5. The summed E-state index contributed by atoms with van der Waals surface area (Å²) in [6.07, 6.45) is 2.20. The van der Waals surface area contributed by atoms with Crippen molar-refractivity contribution >= 4 is 17.7 Å². The fourth-order valence-corrected chi connectivity index (χ4v) is 3.95. The lowest BCUT2D eigenvalue weighted by molar-refractivity contribution is 0.340. The lowest BCUT2D eigenvalue weighted by atomic mass is 10.1. The van der Waals surface area contributed by atoms with Gasteiger partial charge in [-0.1, -0.05) is 19.1 Å². The molecule has 0 amide bonds. The van der Waals surface area contributed by atoms with Gasteiger partial charge in [-0.05, 0) is 37.5 Å². The van der Waals surface area contributed by atoms with E-state index in [4.69, 9.17) is 4.74 Å². The van der Waals surface area contributed by atoms with Gasteiger partial charge in [-0.15, -0.1) is 0 Å². The van der Waals surface area contributed by atoms with Gasteiger partial charge in [0.15, 0.2) is 5.96 Å². The molecule has 2 rings (SSSR count). The van der Waals surface area contributed by atoms with E-state index in [-0.39, 0.29) is 0 Å². The van der Waals surface area contributed by atoms with Crippen molar-refractivity contribution in [2.45, 2.75) is 31.9 Å². The minimum Gasteiger partial charge on any atom is -0.494 e. The Morgan fingerprint density at radius 1 is 1.43 bits per heavy atom. The predicted molar refractivity (Wildman–Crippen MR) is 101 cm³/mol. The quantitative estimate of drug-likeness (QED) is 0.640. The van der Waals surface area contributed by atoms with Crippen LogP contribution in [0.4, 0.5) is 0 Å². The molecule has 23 heavy (non-hydrogen) atoms. The predicted octanol–water partition coefficient (Wildman–Crippen LogP) is 3.03. The summed E-state index contributed by atoms with van der Waals surface area (Å²) in [5.41, 5.74) is 1.29. The Morgan fingerprint density at radius 3 is 3.04 bits per heavy atom. The number of nitrogens with one attached hydrogen (secondary N) is 1. The first-order valence-corrected chi connectivity index (χ1v) is 9.60. The molecule has 1 N–H and O–H groups in total. The summed E-state index contributed by atoms with van der Waals surface area (Å²) in [6, 6.07) is 8.34. The highest BCUT2D eigenvalue weighted by molar-refractivity contribution is 8.00. The first-order valence-electron chi connectivity index (χ1n) is 8.55. The van der Waals surface area contributed by atoms with Crippen molar-refractivity contribution in [1.82, 2.24) is 10.2 Å². The molecule has 1 unspecified atom stereocenters. The van der Waals surface area contributed by atoms with Crippen LogP contribution in [-0.2, 0) is 6.42 Å². The smallest absolute Gasteiger partial charge is 0.193 e. The van der Waals surface area contributed by atoms with Gasteiger partial charge < -0.3 is 15.0 Å². The van der Waals surface area contributed by atoms with Crippen LogP contribution in [0.15, 0.2) is 29.3 Å². The minimum absolute atomic E-state index is 0.708. The minimum atomic E-state index is 0.708. The third kappa shape index (κ3) is 5.65. The summed E-state index contributed by atoms with van der Waals surface area (Å²) >= 11 is 2.08. The number of ether oxygens (including phenoxy) is 1. The van der Waals surface area contributed by atoms with Crippen molar-refractivity contribution in [3.8, 4) is 5.75 Å². The van der Waals surface area contributed by atoms with Crippen LogP contribution in [0.1, 0.15) is 25.8 Å². The molecule has 0 aliphatic carbocycles. The molecular formula is C18H29N3OS. The molecule has 1 aliphatic heterocycles. The topological polar surface area (TPSA) is 36.9 Å². The van der Waals surface area contributed by atoms with E-state index in [2.05, 4.69) is 52.1 Å². The molecule has 1 aliphatic rings. The van der Waals surface area contributed by atoms with Gasteiger partial charge in [0, 0.05) is 37.7 Å². The van der Waals surface area contributed by atoms with Crippen LogP contribution in [-0.4, -0.2) is 55.2 Å². The second-order valence-corrected chi connectivity index (χ2v) is 7.06. The molecule has 1 heterocycles. The van der Waals surface area contributed by atoms with Crippen LogP contribution in [0.5, 0.6) is 5.75 Å². The number of guanidine groups is 1. The molecule has 1 aromatic carbocycles. The molecule has 1 fully saturated rings. The number of nitrogens with zero attached hydrogens (tertiary/aromatic N) is 2. The Balaban J connectivity index is 1.83. The largest absolute Gasteiger partial charge is 0.494 e. The molecule has 0 bridgehead atoms. The van der Waals surface area contributed by atoms with E-state index in [0.29, 0.717) is 6.61 Å². The Morgan fingerprint density at radius 2 is 2.30 bits per heavy atom. The van der Waals surface area contributed by atoms with Crippen LogP contribution in [0.25, 0.3) is 0 Å². The van der Waals surface area contributed by atoms with Gasteiger partial charge in [0.25, 0.3) is 0 Å². The van der Waals surface area contributed by atoms with Gasteiger partial charge in [0.2, 0.25) is 0 Å². The molecule has 0 aromatic heterocycles. The molecule has 4 nitrogen and oxygen atoms in total. The van der Waals surface area contributed by atoms with Gasteiger partial charge in [0.05, 0.1) is 6.61 Å². The highest BCUT2D eigenvalue weighted by Crippen LogP contribution is 2.21. The van der Waals surface area contributed by atoms with Crippen LogP contribution in [0.2, 0.25) is 0 Å². The standard InChI is InChI=1S/C18H29N3OS/c1-4-17-14-21(11-12-23-17)18(19-3)20-10-9-15-7-6-8-16(13-15)22-5-2/h6-8,13,17H,4-5,9-12,14H2,1-3H3,(H,19,20). The van der Waals surface area contributed by atoms with Gasteiger partial charge in [-0.25, -0.2) is 0 Å². The first-order chi connectivity index (χ1) is 11.3. The van der Waals surface area contributed by atoms with E-state index in [1.165, 1.54) is 17.7 Å². The Hall–Kier alpha value is -1.36. The van der Waals surface area contributed by atoms with Crippen molar-refractivity contribution in [3.05, 3.63) is 29.8 Å². The van der Waals surface area contributed by atoms with Crippen molar-refractivity contribution in [3.63, 3.8) is 0 Å². The molecule has 5 heteroatoms. The highest BCUT2D eigenvalue weighted by Gasteiger charge is 2.21. The fourth-order valence-electron chi connectivity index (χ4n) is 2.77. The summed E-state index contributed by atoms with van der Waals surface area (Å²) in [4.78, 5) is 6.85. The van der Waals surface area contributed by atoms with E-state index >= 15 is 0 Å². The number of thioether (sulfide) groups is 1. The molecule has 128 valence electrons. The summed E-state index contributed by atoms with van der Waals surface area (Å²) in [5, 5.41) is 4.24. The van der Waals surface area contributed by atoms with E-state index in [0.717, 1.165) is 43.0 Å². The third-order valence-electron chi connectivity index (χ3n) is 4.01. The van der Waals surface area contributed by atoms with Crippen LogP contribution in [0.3, 0.4) is 0 Å². The molecule has 1 atom stereocenters. The van der Waals surface area contributed by atoms with Crippen LogP contribution >= 0.6 is 11.8 Å². The lowest BCUT2D eigenvalue weighted by Crippen LogP contribution is -2.48. The number of rotatable bonds is 6. The molecule has 1 saturated heterocycles. The van der Waals surface area contributed by atoms with E-state index in [9.17, 15) is 0 Å². The van der Waals surface area contributed by atoms with Crippen molar-refractivity contribution < 1.29 is 4.74 Å². The number of hydrogen-bond acceptors (Lipinski definition) is 3. The van der Waals surface area contributed by atoms with Crippen LogP contribution in [0, 0.1) is 0 Å². The van der Waals surface area contributed by atoms with Gasteiger partial charge in [-0.2, -0.15) is 11.8 Å². The second kappa shape index (κ2) is 9.71. The molecule has 0 radical (unpaired) electrons. The van der Waals surface area contributed by atoms with Gasteiger partial charge >= 0.3 is 0 Å². The molecular weight excluding hydrogens is 306 g/mol. The Kier molecular flexibility index (Phi) is 7.59. The number of hydrogen-bond donors (Lipinski definition) is 1. The summed E-state index contributed by atoms with van der Waals surface area (Å²) in [7, 11) is 1.88. The maximum atomic E-state index is 5.56. The Bertz CT molecular complexity index is 507. The number of aliphatic imine (C=N–C) groups is 1. The summed E-state index contributed by atoms with van der Waals surface area (Å²) in [5.74, 6) is 3.17. The van der Waals surface area contributed by atoms with E-state index in [1.807, 2.05) is 20.0 Å².